The summed E-state index contributed by atoms with van der Waals surface area (Å²) >= 11 is 1.40. The van der Waals surface area contributed by atoms with Crippen LogP contribution in [0.5, 0.6) is 0 Å². The van der Waals surface area contributed by atoms with Crippen molar-refractivity contribution in [2.75, 3.05) is 6.54 Å². The Morgan fingerprint density at radius 1 is 1.16 bits per heavy atom. The normalized spacial score (nSPS) is 11.5. The largest absolute Gasteiger partial charge is 0.444 e. The maximum absolute atomic E-state index is 13.0. The van der Waals surface area contributed by atoms with E-state index in [1.54, 1.807) is 16.5 Å². The maximum Gasteiger partial charge on any atom is 0.410 e. The Labute approximate surface area is 220 Å². The zero-order valence-electron chi connectivity index (χ0n) is 21.8. The number of pyridine rings is 1. The van der Waals surface area contributed by atoms with Gasteiger partial charge in [0.1, 0.15) is 17.1 Å². The lowest BCUT2D eigenvalue weighted by Gasteiger charge is -2.26. The Kier molecular flexibility index (Phi) is 7.87. The third kappa shape index (κ3) is 7.13. The number of nitrogens with zero attached hydrogens (tertiary/aromatic N) is 4. The predicted octanol–water partition coefficient (Wildman–Crippen LogP) is 4.94. The van der Waals surface area contributed by atoms with Crippen molar-refractivity contribution >= 4 is 34.4 Å². The molecule has 0 atom stereocenters. The van der Waals surface area contributed by atoms with Gasteiger partial charge in [-0.2, -0.15) is 0 Å². The summed E-state index contributed by atoms with van der Waals surface area (Å²) in [6, 6.07) is 9.72. The van der Waals surface area contributed by atoms with Crippen LogP contribution in [-0.4, -0.2) is 49.0 Å². The summed E-state index contributed by atoms with van der Waals surface area (Å²) in [6.45, 7) is 10.5. The van der Waals surface area contributed by atoms with Gasteiger partial charge in [-0.05, 0) is 63.9 Å². The van der Waals surface area contributed by atoms with E-state index in [2.05, 4.69) is 25.3 Å². The zero-order valence-corrected chi connectivity index (χ0v) is 22.6. The number of benzene rings is 1. The van der Waals surface area contributed by atoms with Crippen molar-refractivity contribution in [1.82, 2.24) is 30.2 Å². The number of H-pyrrole nitrogens is 1. The fourth-order valence-corrected chi connectivity index (χ4v) is 4.53. The number of para-hydroxylation sites is 2. The van der Waals surface area contributed by atoms with E-state index in [-0.39, 0.29) is 12.5 Å². The number of carbonyl (C=O) groups excluding carboxylic acids is 2. The Hall–Kier alpha value is -3.79. The molecule has 0 radical (unpaired) electrons. The van der Waals surface area contributed by atoms with E-state index in [9.17, 15) is 9.59 Å². The number of fused-ring (bicyclic) bond motifs is 1. The lowest BCUT2D eigenvalue weighted by atomic mass is 10.1. The minimum atomic E-state index is -0.624. The maximum atomic E-state index is 13.0. The van der Waals surface area contributed by atoms with Crippen molar-refractivity contribution in [3.63, 3.8) is 0 Å². The molecular formula is C27H32N6O3S. The highest BCUT2D eigenvalue weighted by atomic mass is 32.1. The molecule has 9 nitrogen and oxygen atoms in total. The van der Waals surface area contributed by atoms with Crippen LogP contribution in [-0.2, 0) is 24.2 Å². The highest BCUT2D eigenvalue weighted by Crippen LogP contribution is 2.17. The molecule has 2 N–H and O–H groups in total. The van der Waals surface area contributed by atoms with Gasteiger partial charge in [0.15, 0.2) is 0 Å². The number of nitrogens with one attached hydrogen (secondary N) is 2. The highest BCUT2D eigenvalue weighted by Gasteiger charge is 2.24. The summed E-state index contributed by atoms with van der Waals surface area (Å²) in [5, 5.41) is 5.41. The standard InChI is InChI=1S/C27H32N6O3S/c1-17-12-18(2)28-13-19(17)14-29-25(34)22-16-37-24(32-22)10-11-33(26(35)36-27(3,4)5)15-23-30-20-8-6-7-9-21(20)31-23/h6-9,12-13,16H,10-11,14-15H2,1-5H3,(H,29,34)(H,30,31). The summed E-state index contributed by atoms with van der Waals surface area (Å²) in [5.41, 5.74) is 4.48. The van der Waals surface area contributed by atoms with Crippen LogP contribution in [0.15, 0.2) is 41.9 Å². The molecule has 0 spiro atoms. The molecule has 0 aliphatic carbocycles. The Morgan fingerprint density at radius 2 is 1.95 bits per heavy atom. The topological polar surface area (TPSA) is 113 Å². The van der Waals surface area contributed by atoms with Crippen LogP contribution < -0.4 is 5.32 Å². The molecule has 37 heavy (non-hydrogen) atoms. The number of ether oxygens (including phenoxy) is 1. The zero-order chi connectivity index (χ0) is 26.6. The first-order valence-corrected chi connectivity index (χ1v) is 13.0. The van der Waals surface area contributed by atoms with Gasteiger partial charge in [-0.15, -0.1) is 11.3 Å². The molecule has 10 heteroatoms. The van der Waals surface area contributed by atoms with Gasteiger partial charge in [0, 0.05) is 36.8 Å². The van der Waals surface area contributed by atoms with Crippen LogP contribution in [0.25, 0.3) is 11.0 Å². The van der Waals surface area contributed by atoms with Gasteiger partial charge in [-0.1, -0.05) is 12.1 Å². The second-order valence-electron chi connectivity index (χ2n) is 9.91. The van der Waals surface area contributed by atoms with Crippen LogP contribution in [0.4, 0.5) is 4.79 Å². The number of amides is 2. The Morgan fingerprint density at radius 3 is 2.68 bits per heavy atom. The number of thiazole rings is 1. The average molecular weight is 521 g/mol. The lowest BCUT2D eigenvalue weighted by molar-refractivity contribution is 0.0231. The number of hydrogen-bond acceptors (Lipinski definition) is 7. The third-order valence-corrected chi connectivity index (χ3v) is 6.51. The number of imidazole rings is 1. The van der Waals surface area contributed by atoms with Crippen molar-refractivity contribution < 1.29 is 14.3 Å². The summed E-state index contributed by atoms with van der Waals surface area (Å²) in [7, 11) is 0. The van der Waals surface area contributed by atoms with Gasteiger partial charge in [-0.3, -0.25) is 9.78 Å². The van der Waals surface area contributed by atoms with Crippen molar-refractivity contribution in [3.05, 3.63) is 75.3 Å². The second-order valence-corrected chi connectivity index (χ2v) is 10.9. The van der Waals surface area contributed by atoms with E-state index in [1.165, 1.54) is 11.3 Å². The molecular weight excluding hydrogens is 488 g/mol. The van der Waals surface area contributed by atoms with Crippen LogP contribution >= 0.6 is 11.3 Å². The molecule has 3 heterocycles. The summed E-state index contributed by atoms with van der Waals surface area (Å²) in [4.78, 5) is 43.9. The van der Waals surface area contributed by atoms with Crippen molar-refractivity contribution in [2.45, 2.75) is 59.7 Å². The molecule has 0 aliphatic rings. The number of aromatic amines is 1. The number of aromatic nitrogens is 4. The van der Waals surface area contributed by atoms with Gasteiger partial charge in [0.05, 0.1) is 22.6 Å². The van der Waals surface area contributed by atoms with E-state index in [0.717, 1.165) is 32.9 Å². The molecule has 0 bridgehead atoms. The molecule has 0 saturated carbocycles. The molecule has 0 saturated heterocycles. The molecule has 0 aliphatic heterocycles. The molecule has 194 valence electrons. The fourth-order valence-electron chi connectivity index (χ4n) is 3.76. The molecule has 4 aromatic rings. The Balaban J connectivity index is 1.40. The predicted molar refractivity (Wildman–Crippen MR) is 143 cm³/mol. The van der Waals surface area contributed by atoms with Crippen molar-refractivity contribution in [3.8, 4) is 0 Å². The highest BCUT2D eigenvalue weighted by molar-refractivity contribution is 7.09. The summed E-state index contributed by atoms with van der Waals surface area (Å²) in [6.07, 6.45) is 1.84. The van der Waals surface area contributed by atoms with Gasteiger partial charge in [0.25, 0.3) is 5.91 Å². The van der Waals surface area contributed by atoms with E-state index < -0.39 is 11.7 Å². The average Bonchev–Trinajstić information content (AvgIpc) is 3.46. The van der Waals surface area contributed by atoms with Crippen molar-refractivity contribution in [1.29, 1.82) is 0 Å². The Bertz CT molecular complexity index is 1370. The number of rotatable bonds is 8. The van der Waals surface area contributed by atoms with Gasteiger partial charge < -0.3 is 19.9 Å². The molecule has 0 unspecified atom stereocenters. The molecule has 0 fully saturated rings. The van der Waals surface area contributed by atoms with Crippen molar-refractivity contribution in [2.24, 2.45) is 0 Å². The van der Waals surface area contributed by atoms with Gasteiger partial charge in [-0.25, -0.2) is 14.8 Å². The quantitative estimate of drug-likeness (QED) is 0.340. The first-order valence-electron chi connectivity index (χ1n) is 12.1. The molecule has 1 aromatic carbocycles. The van der Waals surface area contributed by atoms with Gasteiger partial charge in [0.2, 0.25) is 0 Å². The number of carbonyl (C=O) groups is 2. The molecule has 2 amide bonds. The monoisotopic (exact) mass is 520 g/mol. The lowest BCUT2D eigenvalue weighted by Crippen LogP contribution is -2.38. The minimum Gasteiger partial charge on any atom is -0.444 e. The van der Waals surface area contributed by atoms with E-state index in [1.807, 2.05) is 65.0 Å². The van der Waals surface area contributed by atoms with E-state index in [0.29, 0.717) is 31.0 Å². The second kappa shape index (κ2) is 11.1. The number of hydrogen-bond donors (Lipinski definition) is 2. The smallest absolute Gasteiger partial charge is 0.410 e. The minimum absolute atomic E-state index is 0.242. The fraction of sp³-hybridized carbons (Fsp3) is 0.370. The first kappa shape index (κ1) is 26.3. The van der Waals surface area contributed by atoms with E-state index in [4.69, 9.17) is 4.74 Å². The van der Waals surface area contributed by atoms with Crippen LogP contribution in [0.3, 0.4) is 0 Å². The van der Waals surface area contributed by atoms with Crippen LogP contribution in [0, 0.1) is 13.8 Å². The van der Waals surface area contributed by atoms with E-state index >= 15 is 0 Å². The third-order valence-electron chi connectivity index (χ3n) is 5.61. The molecule has 3 aromatic heterocycles. The number of aryl methyl sites for hydroxylation is 2. The molecule has 4 rings (SSSR count). The summed E-state index contributed by atoms with van der Waals surface area (Å²) < 4.78 is 5.63. The SMILES string of the molecule is Cc1cc(C)c(CNC(=O)c2csc(CCN(Cc3nc4ccccc4[nH]3)C(=O)OC(C)(C)C)n2)cn1. The first-order chi connectivity index (χ1) is 17.6. The summed E-state index contributed by atoms with van der Waals surface area (Å²) in [5.74, 6) is 0.431. The van der Waals surface area contributed by atoms with Crippen LogP contribution in [0.2, 0.25) is 0 Å². The van der Waals surface area contributed by atoms with Gasteiger partial charge >= 0.3 is 6.09 Å². The van der Waals surface area contributed by atoms with Crippen LogP contribution in [0.1, 0.15) is 58.9 Å².